The van der Waals surface area contributed by atoms with Crippen LogP contribution in [0, 0.1) is 0 Å². The van der Waals surface area contributed by atoms with Crippen molar-refractivity contribution in [3.05, 3.63) is 17.5 Å². The second-order valence-electron chi connectivity index (χ2n) is 4.95. The van der Waals surface area contributed by atoms with Gasteiger partial charge in [0.25, 0.3) is 0 Å². The summed E-state index contributed by atoms with van der Waals surface area (Å²) in [5.74, 6) is 0. The summed E-state index contributed by atoms with van der Waals surface area (Å²) in [6, 6.07) is 0.433. The molecule has 1 saturated carbocycles. The van der Waals surface area contributed by atoms with Gasteiger partial charge in [0, 0.05) is 22.8 Å². The Bertz CT molecular complexity index is 348. The minimum absolute atomic E-state index is 0.0440. The fourth-order valence-corrected chi connectivity index (χ4v) is 2.14. The van der Waals surface area contributed by atoms with E-state index in [0.717, 1.165) is 25.7 Å². The molecule has 1 aliphatic carbocycles. The van der Waals surface area contributed by atoms with Gasteiger partial charge in [0.15, 0.2) is 0 Å². The topological polar surface area (TPSA) is 43.8 Å². The van der Waals surface area contributed by atoms with Crippen molar-refractivity contribution in [1.82, 2.24) is 9.78 Å². The zero-order valence-corrected chi connectivity index (χ0v) is 9.95. The zero-order valence-electron chi connectivity index (χ0n) is 9.95. The Balaban J connectivity index is 2.38. The maximum atomic E-state index is 6.26. The van der Waals surface area contributed by atoms with Crippen LogP contribution in [0.5, 0.6) is 0 Å². The first-order valence-electron chi connectivity index (χ1n) is 5.94. The molecule has 15 heavy (non-hydrogen) atoms. The summed E-state index contributed by atoms with van der Waals surface area (Å²) in [4.78, 5) is 0. The molecule has 1 aliphatic rings. The van der Waals surface area contributed by atoms with Crippen molar-refractivity contribution in [3.8, 4) is 0 Å². The summed E-state index contributed by atoms with van der Waals surface area (Å²) in [5, 5.41) is 4.48. The number of rotatable bonds is 4. The van der Waals surface area contributed by atoms with Gasteiger partial charge in [0.05, 0.1) is 6.20 Å². The Kier molecular flexibility index (Phi) is 2.59. The van der Waals surface area contributed by atoms with Crippen LogP contribution in [0.1, 0.15) is 57.3 Å². The van der Waals surface area contributed by atoms with Crippen molar-refractivity contribution in [2.24, 2.45) is 5.73 Å². The highest BCUT2D eigenvalue weighted by Gasteiger charge is 2.43. The van der Waals surface area contributed by atoms with Crippen LogP contribution in [-0.4, -0.2) is 9.78 Å². The first-order chi connectivity index (χ1) is 7.08. The first-order valence-corrected chi connectivity index (χ1v) is 5.94. The van der Waals surface area contributed by atoms with Gasteiger partial charge in [-0.15, -0.1) is 0 Å². The van der Waals surface area contributed by atoms with Crippen LogP contribution in [0.4, 0.5) is 0 Å². The Labute approximate surface area is 91.7 Å². The molecule has 2 rings (SSSR count). The lowest BCUT2D eigenvalue weighted by atomic mass is 10.0. The van der Waals surface area contributed by atoms with Gasteiger partial charge in [0.1, 0.15) is 0 Å². The average molecular weight is 207 g/mol. The molecule has 3 nitrogen and oxygen atoms in total. The van der Waals surface area contributed by atoms with Crippen molar-refractivity contribution < 1.29 is 0 Å². The van der Waals surface area contributed by atoms with Gasteiger partial charge in [-0.05, 0) is 33.1 Å². The van der Waals surface area contributed by atoms with E-state index in [4.69, 9.17) is 5.73 Å². The molecule has 0 radical (unpaired) electrons. The second kappa shape index (κ2) is 3.63. The van der Waals surface area contributed by atoms with Crippen molar-refractivity contribution in [2.75, 3.05) is 0 Å². The summed E-state index contributed by atoms with van der Waals surface area (Å²) in [6.07, 6.45) is 6.47. The first kappa shape index (κ1) is 10.7. The molecule has 3 heteroatoms. The van der Waals surface area contributed by atoms with E-state index in [1.54, 1.807) is 0 Å². The van der Waals surface area contributed by atoms with Crippen molar-refractivity contribution in [2.45, 2.75) is 58.0 Å². The Hall–Kier alpha value is -0.830. The van der Waals surface area contributed by atoms with E-state index >= 15 is 0 Å². The highest BCUT2D eigenvalue weighted by atomic mass is 15.3. The summed E-state index contributed by atoms with van der Waals surface area (Å²) in [6.45, 7) is 6.55. The van der Waals surface area contributed by atoms with E-state index in [2.05, 4.69) is 30.6 Å². The van der Waals surface area contributed by atoms with E-state index in [0.29, 0.717) is 6.04 Å². The van der Waals surface area contributed by atoms with Gasteiger partial charge in [-0.1, -0.05) is 13.3 Å². The maximum absolute atomic E-state index is 6.26. The number of aromatic nitrogens is 2. The quantitative estimate of drug-likeness (QED) is 0.823. The van der Waals surface area contributed by atoms with Gasteiger partial charge in [-0.25, -0.2) is 0 Å². The maximum Gasteiger partial charge on any atom is 0.0543 e. The van der Waals surface area contributed by atoms with Gasteiger partial charge in [0.2, 0.25) is 0 Å². The zero-order chi connectivity index (χ0) is 11.1. The Morgan fingerprint density at radius 3 is 2.67 bits per heavy atom. The molecule has 0 amide bonds. The van der Waals surface area contributed by atoms with Gasteiger partial charge < -0.3 is 5.73 Å². The van der Waals surface area contributed by atoms with E-state index in [1.165, 1.54) is 11.3 Å². The summed E-state index contributed by atoms with van der Waals surface area (Å²) in [7, 11) is 0. The molecule has 0 aromatic carbocycles. The Morgan fingerprint density at radius 2 is 2.20 bits per heavy atom. The highest BCUT2D eigenvalue weighted by Crippen LogP contribution is 2.44. The fraction of sp³-hybridized carbons (Fsp3) is 0.750. The average Bonchev–Trinajstić information content (AvgIpc) is 2.78. The molecule has 0 spiro atoms. The molecular weight excluding hydrogens is 186 g/mol. The number of nitrogens with two attached hydrogens (primary N) is 1. The van der Waals surface area contributed by atoms with Crippen LogP contribution in [0.2, 0.25) is 0 Å². The number of hydrogen-bond donors (Lipinski definition) is 1. The lowest BCUT2D eigenvalue weighted by Gasteiger charge is -2.14. The Morgan fingerprint density at radius 1 is 1.53 bits per heavy atom. The van der Waals surface area contributed by atoms with Gasteiger partial charge >= 0.3 is 0 Å². The summed E-state index contributed by atoms with van der Waals surface area (Å²) >= 11 is 0. The smallest absolute Gasteiger partial charge is 0.0543 e. The standard InChI is InChI=1S/C12H21N3/c1-4-5-11-10(12(13)6-7-12)8-14-15(11)9(2)3/h8-9H,4-7,13H2,1-3H3. The number of nitrogens with zero attached hydrogens (tertiary/aromatic N) is 2. The van der Waals surface area contributed by atoms with Crippen LogP contribution in [0.15, 0.2) is 6.20 Å². The van der Waals surface area contributed by atoms with Crippen molar-refractivity contribution >= 4 is 0 Å². The van der Waals surface area contributed by atoms with E-state index in [-0.39, 0.29) is 5.54 Å². The molecule has 0 atom stereocenters. The molecule has 2 N–H and O–H groups in total. The molecular formula is C12H21N3. The monoisotopic (exact) mass is 207 g/mol. The van der Waals surface area contributed by atoms with E-state index in [9.17, 15) is 0 Å². The molecule has 1 fully saturated rings. The molecule has 0 bridgehead atoms. The molecule has 0 saturated heterocycles. The lowest BCUT2D eigenvalue weighted by Crippen LogP contribution is -2.21. The van der Waals surface area contributed by atoms with Crippen LogP contribution in [0.3, 0.4) is 0 Å². The number of hydrogen-bond acceptors (Lipinski definition) is 2. The van der Waals surface area contributed by atoms with Crippen LogP contribution >= 0.6 is 0 Å². The molecule has 1 aromatic heterocycles. The SMILES string of the molecule is CCCc1c(C2(N)CC2)cnn1C(C)C. The largest absolute Gasteiger partial charge is 0.321 e. The summed E-state index contributed by atoms with van der Waals surface area (Å²) in [5.41, 5.74) is 8.86. The highest BCUT2D eigenvalue weighted by molar-refractivity contribution is 5.32. The summed E-state index contributed by atoms with van der Waals surface area (Å²) < 4.78 is 2.13. The van der Waals surface area contributed by atoms with Crippen molar-refractivity contribution in [3.63, 3.8) is 0 Å². The third-order valence-corrected chi connectivity index (χ3v) is 3.20. The van der Waals surface area contributed by atoms with Crippen LogP contribution in [-0.2, 0) is 12.0 Å². The predicted octanol–water partition coefficient (Wildman–Crippen LogP) is 2.36. The fourth-order valence-electron chi connectivity index (χ4n) is 2.14. The predicted molar refractivity (Wildman–Crippen MR) is 61.7 cm³/mol. The molecule has 1 heterocycles. The minimum Gasteiger partial charge on any atom is -0.321 e. The van der Waals surface area contributed by atoms with E-state index < -0.39 is 0 Å². The van der Waals surface area contributed by atoms with Crippen LogP contribution < -0.4 is 5.73 Å². The molecule has 0 aliphatic heterocycles. The molecule has 1 aromatic rings. The third-order valence-electron chi connectivity index (χ3n) is 3.20. The van der Waals surface area contributed by atoms with Gasteiger partial charge in [-0.2, -0.15) is 5.10 Å². The third kappa shape index (κ3) is 1.81. The normalized spacial score (nSPS) is 18.5. The molecule has 0 unspecified atom stereocenters. The second-order valence-corrected chi connectivity index (χ2v) is 4.95. The molecule has 84 valence electrons. The minimum atomic E-state index is -0.0440. The van der Waals surface area contributed by atoms with Gasteiger partial charge in [-0.3, -0.25) is 4.68 Å². The van der Waals surface area contributed by atoms with Crippen LogP contribution in [0.25, 0.3) is 0 Å². The lowest BCUT2D eigenvalue weighted by molar-refractivity contribution is 0.504. The van der Waals surface area contributed by atoms with E-state index in [1.807, 2.05) is 6.20 Å². The van der Waals surface area contributed by atoms with Crippen molar-refractivity contribution in [1.29, 1.82) is 0 Å².